The van der Waals surface area contributed by atoms with Crippen LogP contribution in [-0.2, 0) is 4.79 Å². The zero-order valence-electron chi connectivity index (χ0n) is 15.7. The van der Waals surface area contributed by atoms with Crippen LogP contribution in [0.2, 0.25) is 0 Å². The number of amides is 1. The summed E-state index contributed by atoms with van der Waals surface area (Å²) in [6.07, 6.45) is 12.1. The minimum Gasteiger partial charge on any atom is -0.357 e. The Morgan fingerprint density at radius 3 is 2.64 bits per heavy atom. The average molecular weight is 462 g/mol. The third kappa shape index (κ3) is 6.29. The fraction of sp³-hybridized carbons (Fsp3) is 0.895. The highest BCUT2D eigenvalue weighted by atomic mass is 127. The van der Waals surface area contributed by atoms with Crippen molar-refractivity contribution >= 4 is 35.8 Å². The van der Waals surface area contributed by atoms with Crippen LogP contribution in [0.3, 0.4) is 0 Å². The number of likely N-dealkylation sites (tertiary alicyclic amines) is 1. The summed E-state index contributed by atoms with van der Waals surface area (Å²) in [5.74, 6) is 1.25. The van der Waals surface area contributed by atoms with Crippen LogP contribution in [0.5, 0.6) is 0 Å². The van der Waals surface area contributed by atoms with Crippen molar-refractivity contribution in [3.05, 3.63) is 0 Å². The molecule has 0 aromatic carbocycles. The molecule has 0 aromatic rings. The monoisotopic (exact) mass is 462 g/mol. The van der Waals surface area contributed by atoms with Crippen LogP contribution in [-0.4, -0.2) is 49.0 Å². The predicted molar refractivity (Wildman–Crippen MR) is 114 cm³/mol. The van der Waals surface area contributed by atoms with Gasteiger partial charge in [0.15, 0.2) is 5.96 Å². The number of carbonyl (C=O) groups is 1. The maximum atomic E-state index is 11.7. The molecule has 1 aliphatic heterocycles. The van der Waals surface area contributed by atoms with Crippen LogP contribution in [0.25, 0.3) is 0 Å². The highest BCUT2D eigenvalue weighted by molar-refractivity contribution is 14.0. The van der Waals surface area contributed by atoms with Gasteiger partial charge in [-0.25, -0.2) is 0 Å². The highest BCUT2D eigenvalue weighted by Crippen LogP contribution is 2.43. The van der Waals surface area contributed by atoms with Crippen molar-refractivity contribution in [1.82, 2.24) is 15.5 Å². The molecule has 2 aliphatic carbocycles. The molecule has 0 radical (unpaired) electrons. The Bertz CT molecular complexity index is 458. The van der Waals surface area contributed by atoms with E-state index in [9.17, 15) is 4.79 Å². The number of nitrogens with zero attached hydrogens (tertiary/aromatic N) is 2. The number of aliphatic imine (C=N–C) groups is 1. The molecular formula is C19H35IN4O. The Morgan fingerprint density at radius 1 is 1.20 bits per heavy atom. The number of guanidine groups is 1. The first-order valence-corrected chi connectivity index (χ1v) is 10.0. The van der Waals surface area contributed by atoms with Crippen molar-refractivity contribution in [3.8, 4) is 0 Å². The lowest BCUT2D eigenvalue weighted by molar-refractivity contribution is -0.121. The quantitative estimate of drug-likeness (QED) is 0.276. The molecule has 3 aliphatic rings. The number of nitrogens with one attached hydrogen (secondary N) is 2. The molecule has 6 heteroatoms. The third-order valence-electron chi connectivity index (χ3n) is 5.75. The molecule has 0 atom stereocenters. The molecule has 3 fully saturated rings. The van der Waals surface area contributed by atoms with Gasteiger partial charge >= 0.3 is 0 Å². The van der Waals surface area contributed by atoms with Gasteiger partial charge in [-0.2, -0.15) is 0 Å². The van der Waals surface area contributed by atoms with Gasteiger partial charge in [0.25, 0.3) is 0 Å². The van der Waals surface area contributed by atoms with Gasteiger partial charge < -0.3 is 15.5 Å². The van der Waals surface area contributed by atoms with Crippen molar-refractivity contribution in [3.63, 3.8) is 0 Å². The Balaban J connectivity index is 0.00000225. The number of hydrogen-bond donors (Lipinski definition) is 2. The summed E-state index contributed by atoms with van der Waals surface area (Å²) >= 11 is 0. The van der Waals surface area contributed by atoms with E-state index in [4.69, 9.17) is 4.99 Å². The molecule has 0 unspecified atom stereocenters. The summed E-state index contributed by atoms with van der Waals surface area (Å²) < 4.78 is 0. The normalized spacial score (nSPS) is 22.6. The molecule has 1 heterocycles. The van der Waals surface area contributed by atoms with Crippen molar-refractivity contribution in [2.24, 2.45) is 10.4 Å². The molecular weight excluding hydrogens is 427 g/mol. The lowest BCUT2D eigenvalue weighted by atomic mass is 9.73. The Kier molecular flexibility index (Phi) is 8.29. The van der Waals surface area contributed by atoms with Crippen molar-refractivity contribution in [2.45, 2.75) is 77.2 Å². The predicted octanol–water partition coefficient (Wildman–Crippen LogP) is 3.28. The lowest BCUT2D eigenvalue weighted by Crippen LogP contribution is -2.41. The molecule has 0 aromatic heterocycles. The molecule has 144 valence electrons. The first kappa shape index (κ1) is 20.8. The van der Waals surface area contributed by atoms with Gasteiger partial charge in [-0.1, -0.05) is 19.3 Å². The highest BCUT2D eigenvalue weighted by Gasteiger charge is 2.39. The van der Waals surface area contributed by atoms with Crippen molar-refractivity contribution < 1.29 is 4.79 Å². The van der Waals surface area contributed by atoms with Gasteiger partial charge in [-0.15, -0.1) is 24.0 Å². The van der Waals surface area contributed by atoms with Gasteiger partial charge in [0.1, 0.15) is 0 Å². The summed E-state index contributed by atoms with van der Waals surface area (Å²) in [4.78, 5) is 19.0. The fourth-order valence-electron chi connectivity index (χ4n) is 4.20. The Morgan fingerprint density at radius 2 is 1.96 bits per heavy atom. The van der Waals surface area contributed by atoms with E-state index >= 15 is 0 Å². The van der Waals surface area contributed by atoms with Gasteiger partial charge in [-0.3, -0.25) is 9.79 Å². The number of hydrogen-bond acceptors (Lipinski definition) is 2. The maximum absolute atomic E-state index is 11.7. The molecule has 1 saturated heterocycles. The average Bonchev–Trinajstić information content (AvgIpc) is 3.31. The number of carbonyl (C=O) groups excluding carboxylic acids is 1. The number of halogens is 1. The van der Waals surface area contributed by atoms with Gasteiger partial charge in [0.05, 0.1) is 0 Å². The second-order valence-corrected chi connectivity index (χ2v) is 7.91. The van der Waals surface area contributed by atoms with Gasteiger partial charge in [0, 0.05) is 38.6 Å². The van der Waals surface area contributed by atoms with E-state index in [-0.39, 0.29) is 29.9 Å². The topological polar surface area (TPSA) is 56.7 Å². The van der Waals surface area contributed by atoms with Crippen LogP contribution in [0.1, 0.15) is 71.1 Å². The SMILES string of the molecule is CCNC(=NCCCC(=O)NC1CC1)N1CCC2(CCCCC2)C1.I. The standard InChI is InChI=1S/C19H34N4O.HI/c1-2-20-18(21-13-6-7-17(24)22-16-8-9-16)23-14-12-19(15-23)10-4-3-5-11-19;/h16H,2-15H2,1H3,(H,20,21)(H,22,24);1H. The molecule has 3 rings (SSSR count). The Hall–Kier alpha value is -0.530. The van der Waals surface area contributed by atoms with Gasteiger partial charge in [0.2, 0.25) is 5.91 Å². The van der Waals surface area contributed by atoms with Crippen LogP contribution >= 0.6 is 24.0 Å². The smallest absolute Gasteiger partial charge is 0.220 e. The largest absolute Gasteiger partial charge is 0.357 e. The summed E-state index contributed by atoms with van der Waals surface area (Å²) in [6, 6.07) is 0.467. The van der Waals surface area contributed by atoms with E-state index in [0.717, 1.165) is 44.9 Å². The molecule has 0 bridgehead atoms. The summed E-state index contributed by atoms with van der Waals surface area (Å²) in [6.45, 7) is 6.08. The van der Waals surface area contributed by atoms with Crippen LogP contribution < -0.4 is 10.6 Å². The molecule has 25 heavy (non-hydrogen) atoms. The lowest BCUT2D eigenvalue weighted by Gasteiger charge is -2.33. The first-order chi connectivity index (χ1) is 11.7. The van der Waals surface area contributed by atoms with E-state index in [1.54, 1.807) is 0 Å². The zero-order valence-corrected chi connectivity index (χ0v) is 18.0. The molecule has 2 N–H and O–H groups in total. The van der Waals surface area contributed by atoms with Crippen LogP contribution in [0.4, 0.5) is 0 Å². The third-order valence-corrected chi connectivity index (χ3v) is 5.75. The first-order valence-electron chi connectivity index (χ1n) is 10.0. The fourth-order valence-corrected chi connectivity index (χ4v) is 4.20. The van der Waals surface area contributed by atoms with E-state index in [0.29, 0.717) is 17.9 Å². The minimum atomic E-state index is 0. The molecule has 2 saturated carbocycles. The second kappa shape index (κ2) is 9.97. The van der Waals surface area contributed by atoms with E-state index in [1.807, 2.05) is 0 Å². The minimum absolute atomic E-state index is 0. The van der Waals surface area contributed by atoms with Crippen molar-refractivity contribution in [1.29, 1.82) is 0 Å². The second-order valence-electron chi connectivity index (χ2n) is 7.91. The van der Waals surface area contributed by atoms with E-state index < -0.39 is 0 Å². The molecule has 5 nitrogen and oxygen atoms in total. The summed E-state index contributed by atoms with van der Waals surface area (Å²) in [5, 5.41) is 6.50. The summed E-state index contributed by atoms with van der Waals surface area (Å²) in [7, 11) is 0. The van der Waals surface area contributed by atoms with E-state index in [2.05, 4.69) is 22.5 Å². The number of rotatable bonds is 6. The summed E-state index contributed by atoms with van der Waals surface area (Å²) in [5.41, 5.74) is 0.554. The van der Waals surface area contributed by atoms with Crippen LogP contribution in [0, 0.1) is 5.41 Å². The zero-order chi connectivity index (χ0) is 16.8. The van der Waals surface area contributed by atoms with Crippen molar-refractivity contribution in [2.75, 3.05) is 26.2 Å². The Labute approximate surface area is 169 Å². The maximum Gasteiger partial charge on any atom is 0.220 e. The molecule has 1 amide bonds. The van der Waals surface area contributed by atoms with E-state index in [1.165, 1.54) is 45.1 Å². The van der Waals surface area contributed by atoms with Gasteiger partial charge in [-0.05, 0) is 50.9 Å². The molecule has 1 spiro atoms. The van der Waals surface area contributed by atoms with Crippen LogP contribution in [0.15, 0.2) is 4.99 Å².